The molecule has 10 nitrogen and oxygen atoms in total. The molecule has 12 heteroatoms. The molecule has 0 saturated carbocycles. The highest BCUT2D eigenvalue weighted by Crippen LogP contribution is 2.12. The molecule has 34 heavy (non-hydrogen) atoms. The van der Waals surface area contributed by atoms with Crippen LogP contribution in [0.2, 0.25) is 0 Å². The van der Waals surface area contributed by atoms with Crippen LogP contribution in [0.1, 0.15) is 25.8 Å². The monoisotopic (exact) mass is 514 g/mol. The van der Waals surface area contributed by atoms with Gasteiger partial charge in [0.25, 0.3) is 0 Å². The number of hydrogen-bond acceptors (Lipinski definition) is 8. The number of phenols is 1. The summed E-state index contributed by atoms with van der Waals surface area (Å²) >= 11 is 5.59. The van der Waals surface area contributed by atoms with Crippen molar-refractivity contribution >= 4 is 48.1 Å². The number of carboxylic acid groups (broad SMARTS) is 1. The zero-order valence-corrected chi connectivity index (χ0v) is 21.2. The van der Waals surface area contributed by atoms with Crippen LogP contribution < -0.4 is 21.7 Å². The molecule has 0 heterocycles. The van der Waals surface area contributed by atoms with Crippen molar-refractivity contribution in [3.63, 3.8) is 0 Å². The number of aliphatic carboxylic acids is 1. The zero-order valence-electron chi connectivity index (χ0n) is 19.5. The van der Waals surface area contributed by atoms with Gasteiger partial charge in [-0.2, -0.15) is 24.4 Å². The van der Waals surface area contributed by atoms with E-state index in [1.54, 1.807) is 26.0 Å². The lowest BCUT2D eigenvalue weighted by molar-refractivity contribution is -0.142. The third-order valence-electron chi connectivity index (χ3n) is 5.07. The van der Waals surface area contributed by atoms with E-state index in [9.17, 15) is 29.4 Å². The predicted octanol–water partition coefficient (Wildman–Crippen LogP) is 0.140. The molecule has 1 rings (SSSR count). The highest BCUT2D eigenvalue weighted by Gasteiger charge is 2.30. The van der Waals surface area contributed by atoms with Gasteiger partial charge in [-0.05, 0) is 42.0 Å². The van der Waals surface area contributed by atoms with Crippen LogP contribution >= 0.6 is 24.4 Å². The molecule has 0 spiro atoms. The molecule has 190 valence electrons. The Kier molecular flexibility index (Phi) is 12.8. The molecule has 0 aliphatic heterocycles. The van der Waals surface area contributed by atoms with Crippen LogP contribution in [0.3, 0.4) is 0 Å². The minimum Gasteiger partial charge on any atom is -0.508 e. The molecular formula is C22H34N4O6S2. The molecule has 0 saturated heterocycles. The fourth-order valence-electron chi connectivity index (χ4n) is 2.88. The van der Waals surface area contributed by atoms with Gasteiger partial charge in [-0.15, -0.1) is 0 Å². The van der Waals surface area contributed by atoms with E-state index in [-0.39, 0.29) is 30.3 Å². The third kappa shape index (κ3) is 9.82. The van der Waals surface area contributed by atoms with Crippen molar-refractivity contribution in [2.75, 3.05) is 17.8 Å². The average molecular weight is 515 g/mol. The summed E-state index contributed by atoms with van der Waals surface area (Å²) in [4.78, 5) is 49.7. The van der Waals surface area contributed by atoms with Crippen LogP contribution in [0.4, 0.5) is 0 Å². The Bertz CT molecular complexity index is 837. The van der Waals surface area contributed by atoms with Crippen molar-refractivity contribution in [2.24, 2.45) is 11.7 Å². The lowest BCUT2D eigenvalue weighted by atomic mass is 10.0. The fourth-order valence-corrected chi connectivity index (χ4v) is 3.61. The van der Waals surface area contributed by atoms with Crippen LogP contribution in [0.15, 0.2) is 24.3 Å². The highest BCUT2D eigenvalue weighted by atomic mass is 32.2. The van der Waals surface area contributed by atoms with E-state index >= 15 is 0 Å². The number of carbonyl (C=O) groups excluding carboxylic acids is 3. The van der Waals surface area contributed by atoms with Crippen molar-refractivity contribution in [3.05, 3.63) is 29.8 Å². The smallest absolute Gasteiger partial charge is 0.326 e. The number of nitrogens with one attached hydrogen (secondary N) is 3. The van der Waals surface area contributed by atoms with Gasteiger partial charge in [0.1, 0.15) is 23.9 Å². The maximum atomic E-state index is 12.9. The van der Waals surface area contributed by atoms with Gasteiger partial charge in [-0.3, -0.25) is 14.4 Å². The lowest BCUT2D eigenvalue weighted by Crippen LogP contribution is -2.58. The molecule has 0 radical (unpaired) electrons. The van der Waals surface area contributed by atoms with Gasteiger partial charge >= 0.3 is 5.97 Å². The fraction of sp³-hybridized carbons (Fsp3) is 0.545. The molecule has 0 bridgehead atoms. The van der Waals surface area contributed by atoms with Gasteiger partial charge < -0.3 is 31.9 Å². The number of carbonyl (C=O) groups is 4. The van der Waals surface area contributed by atoms with Crippen molar-refractivity contribution in [3.8, 4) is 5.75 Å². The third-order valence-corrected chi connectivity index (χ3v) is 6.08. The Morgan fingerprint density at radius 2 is 1.50 bits per heavy atom. The van der Waals surface area contributed by atoms with Crippen LogP contribution in [0.25, 0.3) is 0 Å². The summed E-state index contributed by atoms with van der Waals surface area (Å²) in [5, 5.41) is 26.6. The number of amides is 3. The maximum absolute atomic E-state index is 12.9. The number of carboxylic acids is 1. The Morgan fingerprint density at radius 3 is 2.00 bits per heavy atom. The molecule has 1 aromatic carbocycles. The van der Waals surface area contributed by atoms with Gasteiger partial charge in [0, 0.05) is 12.2 Å². The highest BCUT2D eigenvalue weighted by molar-refractivity contribution is 7.98. The number of rotatable bonds is 14. The first-order valence-corrected chi connectivity index (χ1v) is 12.8. The second-order valence-corrected chi connectivity index (χ2v) is 9.48. The van der Waals surface area contributed by atoms with Crippen LogP contribution in [-0.4, -0.2) is 75.8 Å². The molecule has 3 amide bonds. The number of phenolic OH excluding ortho intramolecular Hbond substituents is 1. The average Bonchev–Trinajstić information content (AvgIpc) is 2.79. The molecular weight excluding hydrogens is 480 g/mol. The molecule has 0 aliphatic rings. The summed E-state index contributed by atoms with van der Waals surface area (Å²) in [6.45, 7) is 3.56. The molecule has 4 atom stereocenters. The molecule has 0 aromatic heterocycles. The van der Waals surface area contributed by atoms with Gasteiger partial charge in [-0.1, -0.05) is 26.0 Å². The summed E-state index contributed by atoms with van der Waals surface area (Å²) in [5.74, 6) is -2.59. The van der Waals surface area contributed by atoms with E-state index in [1.165, 1.54) is 23.9 Å². The number of aromatic hydroxyl groups is 1. The number of thiol groups is 1. The Balaban J connectivity index is 2.90. The van der Waals surface area contributed by atoms with Gasteiger partial charge in [0.2, 0.25) is 17.7 Å². The first kappa shape index (κ1) is 29.6. The summed E-state index contributed by atoms with van der Waals surface area (Å²) in [7, 11) is 0. The quantitative estimate of drug-likeness (QED) is 0.172. The standard InChI is InChI=1S/C22H34N4O6S2/c1-12(2)18(23)21(30)26-17(11-33)20(29)24-15(8-9-34-3)19(28)25-16(22(31)32)10-13-4-6-14(27)7-5-13/h4-7,12,15-18,27,33H,8-11,23H2,1-3H3,(H,24,29)(H,25,28)(H,26,30)(H,31,32). The largest absolute Gasteiger partial charge is 0.508 e. The lowest BCUT2D eigenvalue weighted by Gasteiger charge is -2.25. The zero-order chi connectivity index (χ0) is 25.8. The Labute approximate surface area is 209 Å². The van der Waals surface area contributed by atoms with E-state index in [2.05, 4.69) is 28.6 Å². The van der Waals surface area contributed by atoms with Crippen LogP contribution in [0, 0.1) is 5.92 Å². The second-order valence-electron chi connectivity index (χ2n) is 8.13. The summed E-state index contributed by atoms with van der Waals surface area (Å²) in [5.41, 5.74) is 6.43. The predicted molar refractivity (Wildman–Crippen MR) is 135 cm³/mol. The second kappa shape index (κ2) is 14.7. The van der Waals surface area contributed by atoms with Crippen LogP contribution in [0.5, 0.6) is 5.75 Å². The van der Waals surface area contributed by atoms with Crippen molar-refractivity contribution < 1.29 is 29.4 Å². The molecule has 1 aromatic rings. The Morgan fingerprint density at radius 1 is 0.971 bits per heavy atom. The van der Waals surface area contributed by atoms with E-state index in [0.29, 0.717) is 11.3 Å². The van der Waals surface area contributed by atoms with E-state index < -0.39 is 47.9 Å². The van der Waals surface area contributed by atoms with E-state index in [1.807, 2.05) is 6.26 Å². The molecule has 4 unspecified atom stereocenters. The van der Waals surface area contributed by atoms with Crippen molar-refractivity contribution in [2.45, 2.75) is 50.9 Å². The summed E-state index contributed by atoms with van der Waals surface area (Å²) in [6, 6.07) is 1.90. The first-order chi connectivity index (χ1) is 16.0. The van der Waals surface area contributed by atoms with Gasteiger partial charge in [0.05, 0.1) is 6.04 Å². The van der Waals surface area contributed by atoms with Gasteiger partial charge in [0.15, 0.2) is 0 Å². The topological polar surface area (TPSA) is 171 Å². The summed E-state index contributed by atoms with van der Waals surface area (Å²) in [6.07, 6.45) is 2.09. The minimum atomic E-state index is -1.24. The molecule has 0 fully saturated rings. The maximum Gasteiger partial charge on any atom is 0.326 e. The first-order valence-electron chi connectivity index (χ1n) is 10.8. The van der Waals surface area contributed by atoms with E-state index in [4.69, 9.17) is 5.73 Å². The number of benzene rings is 1. The number of thioether (sulfide) groups is 1. The van der Waals surface area contributed by atoms with Crippen molar-refractivity contribution in [1.29, 1.82) is 0 Å². The van der Waals surface area contributed by atoms with E-state index in [0.717, 1.165) is 0 Å². The Hall–Kier alpha value is -2.44. The normalized spacial score (nSPS) is 14.5. The minimum absolute atomic E-state index is 0.00698. The SMILES string of the molecule is CSCCC(NC(=O)C(CS)NC(=O)C(N)C(C)C)C(=O)NC(Cc1ccc(O)cc1)C(=O)O. The van der Waals surface area contributed by atoms with Gasteiger partial charge in [-0.25, -0.2) is 4.79 Å². The molecule has 7 N–H and O–H groups in total. The summed E-state index contributed by atoms with van der Waals surface area (Å²) < 4.78 is 0. The number of hydrogen-bond donors (Lipinski definition) is 7. The van der Waals surface area contributed by atoms with Crippen molar-refractivity contribution in [1.82, 2.24) is 16.0 Å². The molecule has 0 aliphatic carbocycles. The van der Waals surface area contributed by atoms with Crippen LogP contribution in [-0.2, 0) is 25.6 Å². The number of nitrogens with two attached hydrogens (primary N) is 1.